The Balaban J connectivity index is 1.98. The summed E-state index contributed by atoms with van der Waals surface area (Å²) in [6.45, 7) is 4.72. The molecule has 1 heterocycles. The first-order valence-electron chi connectivity index (χ1n) is 9.04. The van der Waals surface area contributed by atoms with Gasteiger partial charge < -0.3 is 14.0 Å². The predicted octanol–water partition coefficient (Wildman–Crippen LogP) is 4.60. The van der Waals surface area contributed by atoms with Gasteiger partial charge in [-0.2, -0.15) is 16.8 Å². The van der Waals surface area contributed by atoms with E-state index in [0.717, 1.165) is 34.0 Å². The zero-order valence-electron chi connectivity index (χ0n) is 16.5. The molecule has 0 spiro atoms. The number of thioether (sulfide) groups is 1. The van der Waals surface area contributed by atoms with Gasteiger partial charge in [0.25, 0.3) is 5.91 Å². The molecule has 0 aliphatic heterocycles. The third-order valence-corrected chi connectivity index (χ3v) is 5.73. The van der Waals surface area contributed by atoms with Crippen LogP contribution in [0.15, 0.2) is 47.5 Å². The highest BCUT2D eigenvalue weighted by molar-refractivity contribution is 7.98. The summed E-state index contributed by atoms with van der Waals surface area (Å²) in [5, 5.41) is 0. The van der Waals surface area contributed by atoms with E-state index in [1.165, 1.54) is 11.3 Å². The van der Waals surface area contributed by atoms with Crippen LogP contribution in [-0.2, 0) is 6.54 Å². The first-order chi connectivity index (χ1) is 13.5. The van der Waals surface area contributed by atoms with Crippen LogP contribution >= 0.6 is 23.1 Å². The number of carbonyl (C=O) groups excluding carboxylic acids is 1. The van der Waals surface area contributed by atoms with Gasteiger partial charge in [0.1, 0.15) is 11.5 Å². The van der Waals surface area contributed by atoms with E-state index in [2.05, 4.69) is 15.8 Å². The summed E-state index contributed by atoms with van der Waals surface area (Å²) in [6, 6.07) is 13.1. The Morgan fingerprint density at radius 2 is 1.89 bits per heavy atom. The number of nitrogens with zero attached hydrogens (tertiary/aromatic N) is 2. The van der Waals surface area contributed by atoms with Gasteiger partial charge in [-0.1, -0.05) is 11.3 Å². The van der Waals surface area contributed by atoms with Gasteiger partial charge in [0.15, 0.2) is 4.80 Å². The topological polar surface area (TPSA) is 52.8 Å². The van der Waals surface area contributed by atoms with Crippen LogP contribution in [0.1, 0.15) is 24.2 Å². The maximum absolute atomic E-state index is 12.7. The average molecular weight is 417 g/mol. The number of ether oxygens (including phenoxy) is 2. The molecule has 3 rings (SSSR count). The molecular formula is C21H24N2O3S2. The lowest BCUT2D eigenvalue weighted by Crippen LogP contribution is -2.18. The van der Waals surface area contributed by atoms with Crippen LogP contribution in [0.25, 0.3) is 10.2 Å². The molecule has 0 atom stereocenters. The number of aryl methyl sites for hydroxylation is 1. The fourth-order valence-corrected chi connectivity index (χ4v) is 4.16. The van der Waals surface area contributed by atoms with E-state index in [1.54, 1.807) is 43.1 Å². The van der Waals surface area contributed by atoms with Gasteiger partial charge in [0.05, 0.1) is 23.4 Å². The van der Waals surface area contributed by atoms with Crippen molar-refractivity contribution in [2.24, 2.45) is 4.99 Å². The first-order valence-corrected chi connectivity index (χ1v) is 11.2. The van der Waals surface area contributed by atoms with Gasteiger partial charge >= 0.3 is 0 Å². The molecule has 3 aromatic rings. The molecule has 5 nitrogen and oxygen atoms in total. The highest BCUT2D eigenvalue weighted by Crippen LogP contribution is 2.23. The second-order valence-corrected chi connectivity index (χ2v) is 8.47. The van der Waals surface area contributed by atoms with Gasteiger partial charge in [0.2, 0.25) is 0 Å². The Bertz CT molecular complexity index is 1020. The van der Waals surface area contributed by atoms with Crippen molar-refractivity contribution in [1.29, 1.82) is 0 Å². The van der Waals surface area contributed by atoms with E-state index in [9.17, 15) is 4.79 Å². The summed E-state index contributed by atoms with van der Waals surface area (Å²) >= 11 is 3.27. The molecule has 148 valence electrons. The van der Waals surface area contributed by atoms with Crippen LogP contribution < -0.4 is 14.3 Å². The summed E-state index contributed by atoms with van der Waals surface area (Å²) < 4.78 is 14.2. The summed E-state index contributed by atoms with van der Waals surface area (Å²) in [6.07, 6.45) is 2.16. The van der Waals surface area contributed by atoms with Crippen molar-refractivity contribution in [3.8, 4) is 11.5 Å². The molecule has 0 saturated heterocycles. The van der Waals surface area contributed by atoms with Gasteiger partial charge in [0, 0.05) is 23.9 Å². The summed E-state index contributed by atoms with van der Waals surface area (Å²) in [5.41, 5.74) is 1.58. The molecule has 0 aliphatic carbocycles. The molecule has 0 saturated carbocycles. The van der Waals surface area contributed by atoms with Crippen LogP contribution in [0.2, 0.25) is 0 Å². The molecule has 0 fully saturated rings. The van der Waals surface area contributed by atoms with Crippen LogP contribution in [-0.4, -0.2) is 35.7 Å². The maximum atomic E-state index is 12.7. The van der Waals surface area contributed by atoms with Crippen molar-refractivity contribution >= 4 is 39.2 Å². The number of thiazole rings is 1. The number of hydrogen-bond acceptors (Lipinski definition) is 5. The van der Waals surface area contributed by atoms with E-state index in [4.69, 9.17) is 9.47 Å². The zero-order valence-corrected chi connectivity index (χ0v) is 18.1. The number of benzene rings is 2. The zero-order chi connectivity index (χ0) is 20.1. The highest BCUT2D eigenvalue weighted by atomic mass is 32.2. The minimum absolute atomic E-state index is 0.0946. The van der Waals surface area contributed by atoms with E-state index in [-0.39, 0.29) is 12.0 Å². The molecule has 0 unspecified atom stereocenters. The monoisotopic (exact) mass is 416 g/mol. The fourth-order valence-electron chi connectivity index (χ4n) is 2.76. The Labute approximate surface area is 173 Å². The smallest absolute Gasteiger partial charge is 0.279 e. The van der Waals surface area contributed by atoms with Crippen LogP contribution in [0.5, 0.6) is 11.5 Å². The van der Waals surface area contributed by atoms with Crippen molar-refractivity contribution in [2.75, 3.05) is 19.1 Å². The van der Waals surface area contributed by atoms with Crippen molar-refractivity contribution < 1.29 is 14.3 Å². The molecule has 0 N–H and O–H groups in total. The quantitative estimate of drug-likeness (QED) is 0.565. The van der Waals surface area contributed by atoms with Crippen molar-refractivity contribution in [3.63, 3.8) is 0 Å². The molecule has 1 aromatic heterocycles. The minimum Gasteiger partial charge on any atom is -0.497 e. The standard InChI is InChI=1S/C21H24N2O3S2/c1-14(2)26-16-7-5-15(6-8-16)20(24)22-21-23(11-12-27-4)18-13-17(25-3)9-10-19(18)28-21/h5-10,13-14H,11-12H2,1-4H3. The first kappa shape index (κ1) is 20.5. The number of hydrogen-bond donors (Lipinski definition) is 0. The molecule has 2 aromatic carbocycles. The number of amides is 1. The van der Waals surface area contributed by atoms with Crippen LogP contribution in [0.4, 0.5) is 0 Å². The lowest BCUT2D eigenvalue weighted by atomic mass is 10.2. The molecule has 7 heteroatoms. The summed E-state index contributed by atoms with van der Waals surface area (Å²) in [4.78, 5) is 17.8. The Hall–Kier alpha value is -2.25. The lowest BCUT2D eigenvalue weighted by molar-refractivity contribution is 0.0998. The van der Waals surface area contributed by atoms with Gasteiger partial charge in [-0.3, -0.25) is 4.79 Å². The second kappa shape index (κ2) is 9.30. The highest BCUT2D eigenvalue weighted by Gasteiger charge is 2.11. The summed E-state index contributed by atoms with van der Waals surface area (Å²) in [5.74, 6) is 2.22. The van der Waals surface area contributed by atoms with Crippen molar-refractivity contribution in [3.05, 3.63) is 52.8 Å². The molecular weight excluding hydrogens is 392 g/mol. The SMILES string of the molecule is COc1ccc2sc(=NC(=O)c3ccc(OC(C)C)cc3)n(CCSC)c2c1. The number of fused-ring (bicyclic) bond motifs is 1. The third-order valence-electron chi connectivity index (χ3n) is 4.08. The fraction of sp³-hybridized carbons (Fsp3) is 0.333. The Morgan fingerprint density at radius 3 is 2.54 bits per heavy atom. The van der Waals surface area contributed by atoms with E-state index in [0.29, 0.717) is 10.4 Å². The number of methoxy groups -OCH3 is 1. The minimum atomic E-state index is -0.257. The van der Waals surface area contributed by atoms with Crippen molar-refractivity contribution in [1.82, 2.24) is 4.57 Å². The largest absolute Gasteiger partial charge is 0.497 e. The Kier molecular flexibility index (Phi) is 6.80. The van der Waals surface area contributed by atoms with Gasteiger partial charge in [-0.15, -0.1) is 0 Å². The molecule has 1 amide bonds. The number of rotatable bonds is 7. The average Bonchev–Trinajstić information content (AvgIpc) is 3.02. The van der Waals surface area contributed by atoms with Gasteiger partial charge in [-0.25, -0.2) is 0 Å². The van der Waals surface area contributed by atoms with Crippen molar-refractivity contribution in [2.45, 2.75) is 26.5 Å². The Morgan fingerprint density at radius 1 is 1.18 bits per heavy atom. The summed E-state index contributed by atoms with van der Waals surface area (Å²) in [7, 11) is 1.65. The number of carbonyl (C=O) groups is 1. The molecule has 28 heavy (non-hydrogen) atoms. The molecule has 0 bridgehead atoms. The van der Waals surface area contributed by atoms with Crippen LogP contribution in [0, 0.1) is 0 Å². The van der Waals surface area contributed by atoms with E-state index in [1.807, 2.05) is 32.0 Å². The second-order valence-electron chi connectivity index (χ2n) is 6.47. The maximum Gasteiger partial charge on any atom is 0.279 e. The predicted molar refractivity (Wildman–Crippen MR) is 117 cm³/mol. The normalized spacial score (nSPS) is 12.0. The lowest BCUT2D eigenvalue weighted by Gasteiger charge is -2.09. The van der Waals surface area contributed by atoms with E-state index >= 15 is 0 Å². The van der Waals surface area contributed by atoms with Gasteiger partial charge in [-0.05, 0) is 56.5 Å². The molecule has 0 aliphatic rings. The van der Waals surface area contributed by atoms with Crippen LogP contribution in [0.3, 0.4) is 0 Å². The van der Waals surface area contributed by atoms with E-state index < -0.39 is 0 Å². The number of aromatic nitrogens is 1. The third kappa shape index (κ3) is 4.77. The molecule has 0 radical (unpaired) electrons.